The quantitative estimate of drug-likeness (QED) is 0.884. The van der Waals surface area contributed by atoms with E-state index in [1.165, 1.54) is 11.0 Å². The molecule has 2 aliphatic carbocycles. The summed E-state index contributed by atoms with van der Waals surface area (Å²) >= 11 is 0. The van der Waals surface area contributed by atoms with E-state index >= 15 is 0 Å². The molecule has 6 heteroatoms. The van der Waals surface area contributed by atoms with Crippen LogP contribution in [0.5, 0.6) is 0 Å². The summed E-state index contributed by atoms with van der Waals surface area (Å²) in [6, 6.07) is 5.55. The van der Waals surface area contributed by atoms with Crippen LogP contribution in [0.15, 0.2) is 27.4 Å². The number of amides is 1. The summed E-state index contributed by atoms with van der Waals surface area (Å²) in [6.45, 7) is 0. The lowest BCUT2D eigenvalue weighted by Crippen LogP contribution is -2.48. The van der Waals surface area contributed by atoms with Crippen LogP contribution in [0.4, 0.5) is 5.69 Å². The molecule has 2 saturated carbocycles. The summed E-state index contributed by atoms with van der Waals surface area (Å²) in [5.41, 5.74) is 8.21. The molecule has 2 unspecified atom stereocenters. The predicted octanol–water partition coefficient (Wildman–Crippen LogP) is 2.22. The Morgan fingerprint density at radius 2 is 2.00 bits per heavy atom. The van der Waals surface area contributed by atoms with Crippen molar-refractivity contribution >= 4 is 22.7 Å². The first kappa shape index (κ1) is 15.4. The van der Waals surface area contributed by atoms with Gasteiger partial charge in [0.15, 0.2) is 5.58 Å². The molecule has 0 aliphatic heterocycles. The van der Waals surface area contributed by atoms with Gasteiger partial charge in [0.05, 0.1) is 5.52 Å². The summed E-state index contributed by atoms with van der Waals surface area (Å²) in [6.07, 6.45) is 5.30. The molecular weight excluding hydrogens is 306 g/mol. The van der Waals surface area contributed by atoms with Gasteiger partial charge in [-0.25, -0.2) is 4.79 Å². The second-order valence-electron chi connectivity index (χ2n) is 7.30. The molecule has 128 valence electrons. The second-order valence-corrected chi connectivity index (χ2v) is 7.30. The van der Waals surface area contributed by atoms with Crippen molar-refractivity contribution < 1.29 is 9.21 Å². The van der Waals surface area contributed by atoms with Gasteiger partial charge in [0, 0.05) is 24.7 Å². The third-order valence-corrected chi connectivity index (χ3v) is 5.84. The largest absolute Gasteiger partial charge is 0.419 e. The number of rotatable bonds is 2. The minimum atomic E-state index is -0.400. The number of aryl methyl sites for hydroxylation is 1. The second kappa shape index (κ2) is 5.77. The molecule has 2 bridgehead atoms. The van der Waals surface area contributed by atoms with Gasteiger partial charge in [-0.1, -0.05) is 6.42 Å². The molecule has 3 N–H and O–H groups in total. The molecule has 0 saturated heterocycles. The van der Waals surface area contributed by atoms with E-state index in [9.17, 15) is 9.59 Å². The fourth-order valence-corrected chi connectivity index (χ4v) is 4.45. The van der Waals surface area contributed by atoms with Gasteiger partial charge < -0.3 is 15.5 Å². The van der Waals surface area contributed by atoms with Crippen molar-refractivity contribution in [2.75, 3.05) is 5.32 Å². The van der Waals surface area contributed by atoms with E-state index in [2.05, 4.69) is 5.32 Å². The molecule has 2 fully saturated rings. The Morgan fingerprint density at radius 3 is 2.71 bits per heavy atom. The van der Waals surface area contributed by atoms with E-state index in [0.29, 0.717) is 28.6 Å². The van der Waals surface area contributed by atoms with Crippen LogP contribution in [0.25, 0.3) is 11.1 Å². The molecule has 0 radical (unpaired) electrons. The van der Waals surface area contributed by atoms with Gasteiger partial charge >= 0.3 is 5.76 Å². The highest BCUT2D eigenvalue weighted by Gasteiger charge is 2.40. The normalized spacial score (nSPS) is 29.6. The molecule has 1 aromatic carbocycles. The lowest BCUT2D eigenvalue weighted by molar-refractivity contribution is -0.122. The van der Waals surface area contributed by atoms with Gasteiger partial charge in [0.2, 0.25) is 5.91 Å². The van der Waals surface area contributed by atoms with Crippen LogP contribution in [-0.4, -0.2) is 16.5 Å². The molecular formula is C18H23N3O3. The summed E-state index contributed by atoms with van der Waals surface area (Å²) in [7, 11) is 1.66. The predicted molar refractivity (Wildman–Crippen MR) is 91.6 cm³/mol. The fraction of sp³-hybridized carbons (Fsp3) is 0.556. The maximum Gasteiger partial charge on any atom is 0.419 e. The van der Waals surface area contributed by atoms with Crippen LogP contribution < -0.4 is 16.8 Å². The van der Waals surface area contributed by atoms with Crippen molar-refractivity contribution in [1.82, 2.24) is 4.57 Å². The first-order valence-corrected chi connectivity index (χ1v) is 8.69. The molecule has 24 heavy (non-hydrogen) atoms. The van der Waals surface area contributed by atoms with Crippen LogP contribution in [0, 0.1) is 17.8 Å². The zero-order valence-corrected chi connectivity index (χ0v) is 13.8. The molecule has 2 atom stereocenters. The average molecular weight is 329 g/mol. The number of oxazole rings is 1. The van der Waals surface area contributed by atoms with Crippen molar-refractivity contribution in [3.63, 3.8) is 0 Å². The number of carbonyl (C=O) groups is 1. The number of benzene rings is 1. The topological polar surface area (TPSA) is 90.3 Å². The van der Waals surface area contributed by atoms with E-state index in [1.54, 1.807) is 25.2 Å². The van der Waals surface area contributed by atoms with Gasteiger partial charge in [0.25, 0.3) is 0 Å². The Labute approximate surface area is 140 Å². The number of nitrogens with one attached hydrogen (secondary N) is 1. The van der Waals surface area contributed by atoms with Crippen LogP contribution in [0.2, 0.25) is 0 Å². The summed E-state index contributed by atoms with van der Waals surface area (Å²) in [4.78, 5) is 24.2. The molecule has 1 heterocycles. The molecule has 0 spiro atoms. The highest BCUT2D eigenvalue weighted by Crippen LogP contribution is 2.42. The fourth-order valence-electron chi connectivity index (χ4n) is 4.45. The minimum absolute atomic E-state index is 0.0315. The van der Waals surface area contributed by atoms with Crippen LogP contribution in [-0.2, 0) is 11.8 Å². The highest BCUT2D eigenvalue weighted by atomic mass is 16.4. The number of hydrogen-bond acceptors (Lipinski definition) is 4. The zero-order valence-electron chi connectivity index (χ0n) is 13.8. The maximum atomic E-state index is 12.7. The Kier molecular flexibility index (Phi) is 3.72. The van der Waals surface area contributed by atoms with E-state index in [1.807, 2.05) is 0 Å². The number of carbonyl (C=O) groups excluding carboxylic acids is 1. The summed E-state index contributed by atoms with van der Waals surface area (Å²) in [5.74, 6) is 0.647. The van der Waals surface area contributed by atoms with Crippen molar-refractivity contribution in [1.29, 1.82) is 0 Å². The maximum absolute atomic E-state index is 12.7. The molecule has 2 aliphatic rings. The number of hydrogen-bond donors (Lipinski definition) is 2. The Morgan fingerprint density at radius 1 is 1.29 bits per heavy atom. The van der Waals surface area contributed by atoms with Crippen molar-refractivity contribution in [2.45, 2.75) is 38.1 Å². The Bertz CT molecular complexity index is 824. The van der Waals surface area contributed by atoms with E-state index in [4.69, 9.17) is 10.2 Å². The zero-order chi connectivity index (χ0) is 16.8. The van der Waals surface area contributed by atoms with Crippen molar-refractivity contribution in [2.24, 2.45) is 30.5 Å². The molecule has 4 rings (SSSR count). The summed E-state index contributed by atoms with van der Waals surface area (Å²) < 4.78 is 6.56. The standard InChI is InChI=1S/C18H23N3O3/c1-21-14-9-13(5-6-15(14)24-18(21)23)20-17(22)12-7-10-3-2-4-11(8-12)16(10)19/h5-6,9-12,16H,2-4,7-8,19H2,1H3,(H,20,22). The van der Waals surface area contributed by atoms with Gasteiger partial charge in [-0.3, -0.25) is 9.36 Å². The van der Waals surface area contributed by atoms with Crippen LogP contribution >= 0.6 is 0 Å². The number of nitrogens with zero attached hydrogens (tertiary/aromatic N) is 1. The Hall–Kier alpha value is -2.08. The van der Waals surface area contributed by atoms with Crippen molar-refractivity contribution in [3.8, 4) is 0 Å². The van der Waals surface area contributed by atoms with E-state index in [0.717, 1.165) is 25.7 Å². The third-order valence-electron chi connectivity index (χ3n) is 5.84. The molecule has 1 amide bonds. The van der Waals surface area contributed by atoms with E-state index in [-0.39, 0.29) is 17.9 Å². The number of nitrogens with two attached hydrogens (primary N) is 1. The van der Waals surface area contributed by atoms with Gasteiger partial charge in [-0.2, -0.15) is 0 Å². The monoisotopic (exact) mass is 329 g/mol. The van der Waals surface area contributed by atoms with E-state index < -0.39 is 5.76 Å². The first-order chi connectivity index (χ1) is 11.5. The van der Waals surface area contributed by atoms with Gasteiger partial charge in [-0.05, 0) is 55.7 Å². The molecule has 1 aromatic heterocycles. The minimum Gasteiger partial charge on any atom is -0.408 e. The highest BCUT2D eigenvalue weighted by molar-refractivity contribution is 5.94. The Balaban J connectivity index is 1.52. The lowest BCUT2D eigenvalue weighted by atomic mass is 9.65. The number of aromatic nitrogens is 1. The lowest BCUT2D eigenvalue weighted by Gasteiger charge is -2.43. The first-order valence-electron chi connectivity index (χ1n) is 8.69. The number of fused-ring (bicyclic) bond motifs is 3. The van der Waals surface area contributed by atoms with Crippen LogP contribution in [0.3, 0.4) is 0 Å². The van der Waals surface area contributed by atoms with Gasteiger partial charge in [-0.15, -0.1) is 0 Å². The molecule has 2 aromatic rings. The van der Waals surface area contributed by atoms with Gasteiger partial charge in [0.1, 0.15) is 0 Å². The molecule has 6 nitrogen and oxygen atoms in total. The average Bonchev–Trinajstić information content (AvgIpc) is 2.82. The SMILES string of the molecule is Cn1c(=O)oc2ccc(NC(=O)C3CC4CCCC(C3)C4N)cc21. The van der Waals surface area contributed by atoms with Crippen LogP contribution in [0.1, 0.15) is 32.1 Å². The smallest absolute Gasteiger partial charge is 0.408 e. The number of anilines is 1. The third kappa shape index (κ3) is 2.55. The van der Waals surface area contributed by atoms with Crippen molar-refractivity contribution in [3.05, 3.63) is 28.7 Å². The summed E-state index contributed by atoms with van der Waals surface area (Å²) in [5, 5.41) is 3.01.